The number of imidazole rings is 1. The molecule has 3 aromatic rings. The van der Waals surface area contributed by atoms with Gasteiger partial charge in [-0.15, -0.1) is 0 Å². The summed E-state index contributed by atoms with van der Waals surface area (Å²) in [6, 6.07) is 9.50. The smallest absolute Gasteiger partial charge is 0.323 e. The molecule has 0 radical (unpaired) electrons. The average Bonchev–Trinajstić information content (AvgIpc) is 2.91. The molecule has 0 amide bonds. The van der Waals surface area contributed by atoms with E-state index in [2.05, 4.69) is 9.97 Å². The quantitative estimate of drug-likeness (QED) is 0.804. The highest BCUT2D eigenvalue weighted by Gasteiger charge is 2.16. The minimum atomic E-state index is -0.960. The Morgan fingerprint density at radius 1 is 1.09 bits per heavy atom. The molecular weight excluding hydrogens is 285 g/mol. The van der Waals surface area contributed by atoms with Gasteiger partial charge in [-0.3, -0.25) is 9.78 Å². The van der Waals surface area contributed by atoms with Crippen molar-refractivity contribution in [3.63, 3.8) is 0 Å². The van der Waals surface area contributed by atoms with Gasteiger partial charge in [-0.2, -0.15) is 0 Å². The maximum Gasteiger partial charge on any atom is 0.323 e. The fraction of sp³-hybridized carbons (Fsp3) is 0.0625. The van der Waals surface area contributed by atoms with Crippen LogP contribution in [0.25, 0.3) is 22.5 Å². The van der Waals surface area contributed by atoms with Gasteiger partial charge < -0.3 is 9.67 Å². The molecule has 0 unspecified atom stereocenters. The molecule has 0 atom stereocenters. The molecule has 110 valence electrons. The Kier molecular flexibility index (Phi) is 3.65. The van der Waals surface area contributed by atoms with Gasteiger partial charge in [0.1, 0.15) is 12.4 Å². The van der Waals surface area contributed by atoms with Crippen LogP contribution in [0.2, 0.25) is 0 Å². The van der Waals surface area contributed by atoms with Crippen LogP contribution in [-0.4, -0.2) is 25.6 Å². The number of carboxylic acids is 1. The number of carbonyl (C=O) groups is 1. The summed E-state index contributed by atoms with van der Waals surface area (Å²) in [6.07, 6.45) is 4.73. The number of carboxylic acid groups (broad SMARTS) is 1. The van der Waals surface area contributed by atoms with E-state index in [9.17, 15) is 9.18 Å². The van der Waals surface area contributed by atoms with Crippen LogP contribution in [0.4, 0.5) is 4.39 Å². The van der Waals surface area contributed by atoms with E-state index in [0.29, 0.717) is 11.4 Å². The van der Waals surface area contributed by atoms with Gasteiger partial charge >= 0.3 is 5.97 Å². The Balaban J connectivity index is 2.16. The van der Waals surface area contributed by atoms with Gasteiger partial charge in [-0.05, 0) is 36.4 Å². The Hall–Kier alpha value is -3.02. The van der Waals surface area contributed by atoms with Gasteiger partial charge in [-0.25, -0.2) is 9.37 Å². The fourth-order valence-corrected chi connectivity index (χ4v) is 2.28. The van der Waals surface area contributed by atoms with Crippen molar-refractivity contribution in [2.45, 2.75) is 6.54 Å². The summed E-state index contributed by atoms with van der Waals surface area (Å²) in [5.41, 5.74) is 2.79. The largest absolute Gasteiger partial charge is 0.480 e. The number of pyridine rings is 1. The Labute approximate surface area is 125 Å². The number of hydrogen-bond acceptors (Lipinski definition) is 3. The first kappa shape index (κ1) is 13.9. The Morgan fingerprint density at radius 3 is 2.41 bits per heavy atom. The van der Waals surface area contributed by atoms with Gasteiger partial charge in [0.05, 0.1) is 17.7 Å². The zero-order valence-corrected chi connectivity index (χ0v) is 11.5. The number of hydrogen-bond donors (Lipinski definition) is 1. The summed E-state index contributed by atoms with van der Waals surface area (Å²) in [5, 5.41) is 9.04. The monoisotopic (exact) mass is 297 g/mol. The van der Waals surface area contributed by atoms with Crippen LogP contribution in [0.5, 0.6) is 0 Å². The van der Waals surface area contributed by atoms with E-state index in [4.69, 9.17) is 5.11 Å². The maximum absolute atomic E-state index is 13.1. The second-order valence-electron chi connectivity index (χ2n) is 4.71. The van der Waals surface area contributed by atoms with Crippen molar-refractivity contribution in [2.24, 2.45) is 0 Å². The van der Waals surface area contributed by atoms with E-state index in [1.807, 2.05) is 0 Å². The first-order chi connectivity index (χ1) is 10.6. The van der Waals surface area contributed by atoms with Crippen molar-refractivity contribution in [3.05, 3.63) is 60.9 Å². The zero-order chi connectivity index (χ0) is 15.5. The SMILES string of the molecule is O=C(O)Cn1cnc(-c2ccc(F)cc2)c1-c1ccncc1. The lowest BCUT2D eigenvalue weighted by Gasteiger charge is -2.08. The second-order valence-corrected chi connectivity index (χ2v) is 4.71. The van der Waals surface area contributed by atoms with Crippen molar-refractivity contribution < 1.29 is 14.3 Å². The minimum Gasteiger partial charge on any atom is -0.480 e. The third kappa shape index (κ3) is 2.71. The van der Waals surface area contributed by atoms with Gasteiger partial charge in [0, 0.05) is 23.5 Å². The van der Waals surface area contributed by atoms with Crippen LogP contribution in [0.15, 0.2) is 55.1 Å². The van der Waals surface area contributed by atoms with E-state index < -0.39 is 5.97 Å². The molecule has 0 saturated carbocycles. The lowest BCUT2D eigenvalue weighted by Crippen LogP contribution is -2.09. The topological polar surface area (TPSA) is 68.0 Å². The molecule has 0 bridgehead atoms. The van der Waals surface area contributed by atoms with Crippen LogP contribution < -0.4 is 0 Å². The number of nitrogens with zero attached hydrogens (tertiary/aromatic N) is 3. The number of aliphatic carboxylic acids is 1. The summed E-state index contributed by atoms with van der Waals surface area (Å²) in [7, 11) is 0. The van der Waals surface area contributed by atoms with Crippen LogP contribution in [0.3, 0.4) is 0 Å². The lowest BCUT2D eigenvalue weighted by molar-refractivity contribution is -0.137. The Morgan fingerprint density at radius 2 is 1.77 bits per heavy atom. The van der Waals surface area contributed by atoms with Gasteiger partial charge in [0.2, 0.25) is 0 Å². The molecule has 0 aliphatic heterocycles. The molecule has 1 aromatic carbocycles. The van der Waals surface area contributed by atoms with E-state index in [1.54, 1.807) is 41.2 Å². The molecule has 2 heterocycles. The first-order valence-electron chi connectivity index (χ1n) is 6.58. The minimum absolute atomic E-state index is 0.203. The number of aromatic nitrogens is 3. The predicted molar refractivity (Wildman–Crippen MR) is 78.5 cm³/mol. The second kappa shape index (κ2) is 5.77. The number of halogens is 1. The number of benzene rings is 1. The van der Waals surface area contributed by atoms with E-state index in [1.165, 1.54) is 18.5 Å². The normalized spacial score (nSPS) is 10.6. The summed E-state index contributed by atoms with van der Waals surface area (Å²) in [4.78, 5) is 19.3. The van der Waals surface area contributed by atoms with Crippen molar-refractivity contribution in [1.82, 2.24) is 14.5 Å². The maximum atomic E-state index is 13.1. The van der Waals surface area contributed by atoms with Crippen molar-refractivity contribution >= 4 is 5.97 Å². The van der Waals surface area contributed by atoms with Crippen molar-refractivity contribution in [1.29, 1.82) is 0 Å². The van der Waals surface area contributed by atoms with E-state index >= 15 is 0 Å². The average molecular weight is 297 g/mol. The fourth-order valence-electron chi connectivity index (χ4n) is 2.28. The molecule has 6 heteroatoms. The third-order valence-electron chi connectivity index (χ3n) is 3.21. The summed E-state index contributed by atoms with van der Waals surface area (Å²) >= 11 is 0. The van der Waals surface area contributed by atoms with Gasteiger partial charge in [-0.1, -0.05) is 0 Å². The molecule has 0 aliphatic carbocycles. The van der Waals surface area contributed by atoms with E-state index in [-0.39, 0.29) is 12.4 Å². The van der Waals surface area contributed by atoms with Crippen LogP contribution in [0, 0.1) is 5.82 Å². The Bertz CT molecular complexity index is 798. The summed E-state index contributed by atoms with van der Waals surface area (Å²) in [5.74, 6) is -1.29. The summed E-state index contributed by atoms with van der Waals surface area (Å²) in [6.45, 7) is -0.203. The van der Waals surface area contributed by atoms with E-state index in [0.717, 1.165) is 11.1 Å². The molecule has 0 spiro atoms. The highest BCUT2D eigenvalue weighted by molar-refractivity contribution is 5.79. The van der Waals surface area contributed by atoms with Crippen molar-refractivity contribution in [3.8, 4) is 22.5 Å². The highest BCUT2D eigenvalue weighted by atomic mass is 19.1. The molecule has 22 heavy (non-hydrogen) atoms. The van der Waals surface area contributed by atoms with Crippen LogP contribution >= 0.6 is 0 Å². The molecule has 1 N–H and O–H groups in total. The molecule has 5 nitrogen and oxygen atoms in total. The standard InChI is InChI=1S/C16H12FN3O2/c17-13-3-1-11(2-4-13)15-16(12-5-7-18-8-6-12)20(10-19-15)9-14(21)22/h1-8,10H,9H2,(H,21,22). The molecular formula is C16H12FN3O2. The van der Waals surface area contributed by atoms with Gasteiger partial charge in [0.15, 0.2) is 0 Å². The number of rotatable bonds is 4. The molecule has 0 fully saturated rings. The molecule has 3 rings (SSSR count). The highest BCUT2D eigenvalue weighted by Crippen LogP contribution is 2.31. The lowest BCUT2D eigenvalue weighted by atomic mass is 10.1. The zero-order valence-electron chi connectivity index (χ0n) is 11.5. The summed E-state index contributed by atoms with van der Waals surface area (Å²) < 4.78 is 14.6. The van der Waals surface area contributed by atoms with Crippen LogP contribution in [0.1, 0.15) is 0 Å². The van der Waals surface area contributed by atoms with Crippen LogP contribution in [-0.2, 0) is 11.3 Å². The molecule has 0 saturated heterocycles. The molecule has 0 aliphatic rings. The molecule has 2 aromatic heterocycles. The van der Waals surface area contributed by atoms with Crippen molar-refractivity contribution in [2.75, 3.05) is 0 Å². The first-order valence-corrected chi connectivity index (χ1v) is 6.58. The van der Waals surface area contributed by atoms with Gasteiger partial charge in [0.25, 0.3) is 0 Å². The third-order valence-corrected chi connectivity index (χ3v) is 3.21. The predicted octanol–water partition coefficient (Wildman–Crippen LogP) is 2.84.